The van der Waals surface area contributed by atoms with Gasteiger partial charge in [0.1, 0.15) is 0 Å². The molecule has 2 atom stereocenters. The Bertz CT molecular complexity index is 412. The average Bonchev–Trinajstić information content (AvgIpc) is 2.48. The third-order valence-corrected chi connectivity index (χ3v) is 4.38. The summed E-state index contributed by atoms with van der Waals surface area (Å²) in [5.74, 6) is 0. The molecule has 0 amide bonds. The predicted molar refractivity (Wildman–Crippen MR) is 71.8 cm³/mol. The van der Waals surface area contributed by atoms with E-state index in [-0.39, 0.29) is 0 Å². The molecule has 2 unspecified atom stereocenters. The topological polar surface area (TPSA) is 23.5 Å². The van der Waals surface area contributed by atoms with E-state index in [1.54, 1.807) is 6.07 Å². The minimum atomic E-state index is -0.692. The Kier molecular flexibility index (Phi) is 3.69. The lowest BCUT2D eigenvalue weighted by molar-refractivity contribution is 0.0521. The molecule has 1 N–H and O–H groups in total. The molecule has 0 aliphatic carbocycles. The van der Waals surface area contributed by atoms with Crippen molar-refractivity contribution in [1.29, 1.82) is 0 Å². The van der Waals surface area contributed by atoms with Crippen molar-refractivity contribution < 1.29 is 5.11 Å². The highest BCUT2D eigenvalue weighted by atomic mass is 35.5. The molecule has 1 fully saturated rings. The van der Waals surface area contributed by atoms with Crippen LogP contribution >= 0.6 is 23.2 Å². The fourth-order valence-electron chi connectivity index (χ4n) is 2.56. The zero-order chi connectivity index (χ0) is 12.6. The molecule has 1 aromatic rings. The van der Waals surface area contributed by atoms with Crippen LogP contribution in [0.2, 0.25) is 10.0 Å². The Labute approximate surface area is 112 Å². The quantitative estimate of drug-likeness (QED) is 0.896. The molecule has 1 aliphatic heterocycles. The third-order valence-electron chi connectivity index (χ3n) is 3.52. The van der Waals surface area contributed by atoms with Gasteiger partial charge in [0, 0.05) is 19.0 Å². The van der Waals surface area contributed by atoms with Crippen molar-refractivity contribution in [2.24, 2.45) is 0 Å². The zero-order valence-corrected chi connectivity index (χ0v) is 11.6. The maximum Gasteiger partial charge on any atom is 0.0829 e. The van der Waals surface area contributed by atoms with Gasteiger partial charge < -0.3 is 10.0 Å². The van der Waals surface area contributed by atoms with Crippen molar-refractivity contribution in [2.45, 2.75) is 31.4 Å². The van der Waals surface area contributed by atoms with E-state index in [0.717, 1.165) is 12.0 Å². The van der Waals surface area contributed by atoms with Gasteiger partial charge in [0.05, 0.1) is 15.6 Å². The smallest absolute Gasteiger partial charge is 0.0829 e. The van der Waals surface area contributed by atoms with Gasteiger partial charge in [-0.3, -0.25) is 0 Å². The van der Waals surface area contributed by atoms with Gasteiger partial charge in [-0.15, -0.1) is 0 Å². The summed E-state index contributed by atoms with van der Waals surface area (Å²) in [4.78, 5) is 2.17. The summed E-state index contributed by atoms with van der Waals surface area (Å²) in [6, 6.07) is 5.96. The fourth-order valence-corrected chi connectivity index (χ4v) is 2.94. The van der Waals surface area contributed by atoms with Gasteiger partial charge in [0.15, 0.2) is 0 Å². The number of likely N-dealkylation sites (tertiary alicyclic amines) is 1. The number of likely N-dealkylation sites (N-methyl/N-ethyl adjacent to an activating group) is 1. The number of rotatable bonds is 2. The van der Waals surface area contributed by atoms with Crippen LogP contribution in [0.25, 0.3) is 0 Å². The van der Waals surface area contributed by atoms with Gasteiger partial charge in [-0.2, -0.15) is 0 Å². The second-order valence-electron chi connectivity index (χ2n) is 5.08. The number of benzene rings is 1. The summed E-state index contributed by atoms with van der Waals surface area (Å²) in [6.07, 6.45) is 1.33. The Morgan fingerprint density at radius 3 is 2.76 bits per heavy atom. The first kappa shape index (κ1) is 13.2. The van der Waals surface area contributed by atoms with Crippen LogP contribution in [-0.4, -0.2) is 35.2 Å². The summed E-state index contributed by atoms with van der Waals surface area (Å²) in [5.41, 5.74) is 0.229. The summed E-state index contributed by atoms with van der Waals surface area (Å²) < 4.78 is 0. The second kappa shape index (κ2) is 4.77. The Hall–Kier alpha value is -0.280. The summed E-state index contributed by atoms with van der Waals surface area (Å²) in [7, 11) is 2.03. The number of nitrogens with zero attached hydrogens (tertiary/aromatic N) is 1. The minimum Gasteiger partial charge on any atom is -0.388 e. The molecule has 1 saturated heterocycles. The maximum absolute atomic E-state index is 10.6. The van der Waals surface area contributed by atoms with Crippen molar-refractivity contribution in [3.05, 3.63) is 33.8 Å². The Balaban J connectivity index is 2.19. The lowest BCUT2D eigenvalue weighted by atomic mass is 9.92. The molecular formula is C13H17Cl2NO. The van der Waals surface area contributed by atoms with Crippen LogP contribution < -0.4 is 0 Å². The van der Waals surface area contributed by atoms with Gasteiger partial charge in [-0.1, -0.05) is 35.3 Å². The van der Waals surface area contributed by atoms with Crippen LogP contribution in [0.15, 0.2) is 18.2 Å². The molecule has 0 aromatic heterocycles. The van der Waals surface area contributed by atoms with Crippen molar-refractivity contribution in [1.82, 2.24) is 4.90 Å². The summed E-state index contributed by atoms with van der Waals surface area (Å²) in [6.45, 7) is 2.80. The van der Waals surface area contributed by atoms with E-state index in [2.05, 4.69) is 11.8 Å². The number of halogens is 2. The Morgan fingerprint density at radius 2 is 2.18 bits per heavy atom. The first-order chi connectivity index (χ1) is 7.91. The molecule has 0 spiro atoms. The number of hydrogen-bond donors (Lipinski definition) is 1. The van der Waals surface area contributed by atoms with E-state index < -0.39 is 5.60 Å². The summed E-state index contributed by atoms with van der Waals surface area (Å²) >= 11 is 12.1. The van der Waals surface area contributed by atoms with Gasteiger partial charge >= 0.3 is 0 Å². The van der Waals surface area contributed by atoms with Crippen LogP contribution in [-0.2, 0) is 6.42 Å². The highest BCUT2D eigenvalue weighted by Gasteiger charge is 2.39. The first-order valence-corrected chi connectivity index (χ1v) is 6.52. The molecule has 2 rings (SSSR count). The van der Waals surface area contributed by atoms with E-state index in [9.17, 15) is 5.11 Å². The third kappa shape index (κ3) is 2.76. The van der Waals surface area contributed by atoms with Gasteiger partial charge in [0.25, 0.3) is 0 Å². The lowest BCUT2D eigenvalue weighted by Gasteiger charge is -2.23. The second-order valence-corrected chi connectivity index (χ2v) is 5.87. The van der Waals surface area contributed by atoms with Crippen molar-refractivity contribution in [2.75, 3.05) is 13.6 Å². The molecular weight excluding hydrogens is 257 g/mol. The highest BCUT2D eigenvalue weighted by Crippen LogP contribution is 2.33. The van der Waals surface area contributed by atoms with Crippen LogP contribution in [0.3, 0.4) is 0 Å². The number of hydrogen-bond acceptors (Lipinski definition) is 2. The molecule has 2 nitrogen and oxygen atoms in total. The number of β-amino-alcohol motifs (C(OH)–C–C–N with tert-alkyl or cyclic N) is 1. The average molecular weight is 274 g/mol. The summed E-state index contributed by atoms with van der Waals surface area (Å²) in [5, 5.41) is 11.7. The zero-order valence-electron chi connectivity index (χ0n) is 10.1. The molecule has 94 valence electrons. The molecule has 17 heavy (non-hydrogen) atoms. The largest absolute Gasteiger partial charge is 0.388 e. The molecule has 0 bridgehead atoms. The van der Waals surface area contributed by atoms with Crippen LogP contribution in [0.5, 0.6) is 0 Å². The van der Waals surface area contributed by atoms with E-state index in [4.69, 9.17) is 23.2 Å². The standard InChI is InChI=1S/C13H17Cl2NO/c1-9-6-13(17,8-16(9)2)7-10-4-3-5-11(14)12(10)15/h3-5,9,17H,6-8H2,1-2H3. The molecule has 0 radical (unpaired) electrons. The van der Waals surface area contributed by atoms with Gasteiger partial charge in [0.2, 0.25) is 0 Å². The Morgan fingerprint density at radius 1 is 1.47 bits per heavy atom. The van der Waals surface area contributed by atoms with E-state index >= 15 is 0 Å². The molecule has 4 heteroatoms. The number of aliphatic hydroxyl groups is 1. The monoisotopic (exact) mass is 273 g/mol. The lowest BCUT2D eigenvalue weighted by Crippen LogP contribution is -2.34. The van der Waals surface area contributed by atoms with Crippen molar-refractivity contribution in [3.8, 4) is 0 Å². The van der Waals surface area contributed by atoms with Gasteiger partial charge in [-0.25, -0.2) is 0 Å². The molecule has 1 aliphatic rings. The van der Waals surface area contributed by atoms with E-state index in [0.29, 0.717) is 29.1 Å². The predicted octanol–water partition coefficient (Wildman–Crippen LogP) is 2.99. The van der Waals surface area contributed by atoms with Crippen LogP contribution in [0.4, 0.5) is 0 Å². The molecule has 1 aromatic carbocycles. The minimum absolute atomic E-state index is 0.401. The van der Waals surface area contributed by atoms with Crippen LogP contribution in [0.1, 0.15) is 18.9 Å². The van der Waals surface area contributed by atoms with E-state index in [1.165, 1.54) is 0 Å². The van der Waals surface area contributed by atoms with Crippen molar-refractivity contribution >= 4 is 23.2 Å². The SMILES string of the molecule is CC1CC(O)(Cc2cccc(Cl)c2Cl)CN1C. The van der Waals surface area contributed by atoms with Gasteiger partial charge in [-0.05, 0) is 32.0 Å². The molecule has 0 saturated carbocycles. The molecule has 1 heterocycles. The fraction of sp³-hybridized carbons (Fsp3) is 0.538. The van der Waals surface area contributed by atoms with Crippen molar-refractivity contribution in [3.63, 3.8) is 0 Å². The van der Waals surface area contributed by atoms with Crippen LogP contribution in [0, 0.1) is 0 Å². The normalized spacial score (nSPS) is 29.8. The maximum atomic E-state index is 10.6. The first-order valence-electron chi connectivity index (χ1n) is 5.77. The van der Waals surface area contributed by atoms with E-state index in [1.807, 2.05) is 19.2 Å². The highest BCUT2D eigenvalue weighted by molar-refractivity contribution is 6.42.